The molecule has 1 aliphatic heterocycles. The van der Waals surface area contributed by atoms with Gasteiger partial charge in [-0.1, -0.05) is 20.8 Å². The van der Waals surface area contributed by atoms with Crippen molar-refractivity contribution in [1.82, 2.24) is 25.1 Å². The summed E-state index contributed by atoms with van der Waals surface area (Å²) in [5.41, 5.74) is 0.763. The molecule has 1 amide bonds. The summed E-state index contributed by atoms with van der Waals surface area (Å²) < 4.78 is 1.73. The first-order valence-corrected chi connectivity index (χ1v) is 7.55. The van der Waals surface area contributed by atoms with E-state index in [4.69, 9.17) is 0 Å². The summed E-state index contributed by atoms with van der Waals surface area (Å²) in [6.07, 6.45) is 4.63. The smallest absolute Gasteiger partial charge is 0.220 e. The van der Waals surface area contributed by atoms with Gasteiger partial charge in [0, 0.05) is 19.5 Å². The predicted molar refractivity (Wildman–Crippen MR) is 84.3 cm³/mol. The number of piperidine rings is 1. The number of fused-ring (bicyclic) bond motifs is 1. The van der Waals surface area contributed by atoms with Gasteiger partial charge in [-0.15, -0.1) is 0 Å². The van der Waals surface area contributed by atoms with Crippen molar-refractivity contribution in [2.75, 3.05) is 5.32 Å². The number of amides is 1. The Balaban J connectivity index is 1.91. The number of aromatic nitrogens is 4. The number of carbonyl (C=O) groups excluding carboxylic acids is 1. The molecule has 2 N–H and O–H groups in total. The summed E-state index contributed by atoms with van der Waals surface area (Å²) >= 11 is 0. The fraction of sp³-hybridized carbons (Fsp3) is 0.600. The maximum atomic E-state index is 11.8. The van der Waals surface area contributed by atoms with E-state index < -0.39 is 0 Å². The Labute approximate surface area is 129 Å². The summed E-state index contributed by atoms with van der Waals surface area (Å²) in [5, 5.41) is 11.7. The summed E-state index contributed by atoms with van der Waals surface area (Å²) in [6, 6.07) is 0.187. The molecule has 1 saturated heterocycles. The first-order valence-electron chi connectivity index (χ1n) is 7.55. The van der Waals surface area contributed by atoms with E-state index in [1.54, 1.807) is 17.2 Å². The van der Waals surface area contributed by atoms with Gasteiger partial charge in [0.25, 0.3) is 0 Å². The van der Waals surface area contributed by atoms with Crippen LogP contribution in [0.25, 0.3) is 11.0 Å². The molecule has 3 rings (SSSR count). The maximum Gasteiger partial charge on any atom is 0.220 e. The van der Waals surface area contributed by atoms with Gasteiger partial charge in [-0.2, -0.15) is 5.10 Å². The van der Waals surface area contributed by atoms with Crippen LogP contribution in [0, 0.1) is 5.41 Å². The molecule has 0 radical (unpaired) electrons. The molecule has 3 heterocycles. The second-order valence-electron chi connectivity index (χ2n) is 6.93. The second-order valence-corrected chi connectivity index (χ2v) is 6.93. The monoisotopic (exact) mass is 302 g/mol. The number of hydrogen-bond acceptors (Lipinski definition) is 5. The number of anilines is 1. The van der Waals surface area contributed by atoms with E-state index in [2.05, 4.69) is 46.5 Å². The van der Waals surface area contributed by atoms with Gasteiger partial charge in [0.05, 0.1) is 17.6 Å². The number of rotatable bonds is 2. The standard InChI is InChI=1S/C15H22N6O/c1-15(2,3)12-10(5-6-11(22)20-12)19-13-9-7-18-21(4)14(9)17-8-16-13/h7-8,10,12H,5-6H2,1-4H3,(H,20,22)(H,16,17,19)/t10-,12-/m1/s1. The molecule has 0 bridgehead atoms. The highest BCUT2D eigenvalue weighted by Gasteiger charge is 2.37. The Morgan fingerprint density at radius 3 is 2.86 bits per heavy atom. The van der Waals surface area contributed by atoms with E-state index in [1.807, 2.05) is 7.05 Å². The Kier molecular flexibility index (Phi) is 3.50. The Hall–Kier alpha value is -2.18. The molecule has 0 unspecified atom stereocenters. The van der Waals surface area contributed by atoms with Crippen LogP contribution >= 0.6 is 0 Å². The molecule has 2 aromatic rings. The van der Waals surface area contributed by atoms with E-state index >= 15 is 0 Å². The zero-order valence-electron chi connectivity index (χ0n) is 13.4. The van der Waals surface area contributed by atoms with Crippen LogP contribution in [-0.4, -0.2) is 37.7 Å². The van der Waals surface area contributed by atoms with E-state index in [1.165, 1.54) is 0 Å². The Morgan fingerprint density at radius 2 is 2.14 bits per heavy atom. The minimum absolute atomic E-state index is 0.0329. The van der Waals surface area contributed by atoms with E-state index in [9.17, 15) is 4.79 Å². The first-order chi connectivity index (χ1) is 10.4. The molecule has 0 aromatic carbocycles. The lowest BCUT2D eigenvalue weighted by molar-refractivity contribution is -0.124. The largest absolute Gasteiger partial charge is 0.365 e. The fourth-order valence-electron chi connectivity index (χ4n) is 3.03. The fourth-order valence-corrected chi connectivity index (χ4v) is 3.03. The zero-order chi connectivity index (χ0) is 15.9. The molecule has 0 spiro atoms. The van der Waals surface area contributed by atoms with Crippen LogP contribution in [0.3, 0.4) is 0 Å². The molecule has 7 heteroatoms. The molecule has 0 saturated carbocycles. The van der Waals surface area contributed by atoms with Crippen LogP contribution in [0.15, 0.2) is 12.5 Å². The van der Waals surface area contributed by atoms with Crippen molar-refractivity contribution in [3.05, 3.63) is 12.5 Å². The van der Waals surface area contributed by atoms with Crippen molar-refractivity contribution in [3.8, 4) is 0 Å². The van der Waals surface area contributed by atoms with Crippen molar-refractivity contribution in [3.63, 3.8) is 0 Å². The third-order valence-electron chi connectivity index (χ3n) is 4.19. The van der Waals surface area contributed by atoms with Crippen molar-refractivity contribution < 1.29 is 4.79 Å². The second kappa shape index (κ2) is 5.23. The van der Waals surface area contributed by atoms with E-state index in [-0.39, 0.29) is 23.4 Å². The topological polar surface area (TPSA) is 84.7 Å². The first kappa shape index (κ1) is 14.7. The van der Waals surface area contributed by atoms with Crippen LogP contribution in [0.4, 0.5) is 5.82 Å². The molecular weight excluding hydrogens is 280 g/mol. The molecule has 0 aliphatic carbocycles. The summed E-state index contributed by atoms with van der Waals surface area (Å²) in [5.74, 6) is 0.890. The molecular formula is C15H22N6O. The highest BCUT2D eigenvalue weighted by Crippen LogP contribution is 2.29. The van der Waals surface area contributed by atoms with Crippen molar-refractivity contribution in [1.29, 1.82) is 0 Å². The van der Waals surface area contributed by atoms with Gasteiger partial charge >= 0.3 is 0 Å². The van der Waals surface area contributed by atoms with Crippen LogP contribution in [0.5, 0.6) is 0 Å². The zero-order valence-corrected chi connectivity index (χ0v) is 13.4. The van der Waals surface area contributed by atoms with Crippen molar-refractivity contribution in [2.45, 2.75) is 45.7 Å². The molecule has 2 aromatic heterocycles. The van der Waals surface area contributed by atoms with Gasteiger partial charge in [0.2, 0.25) is 5.91 Å². The molecule has 1 fully saturated rings. The van der Waals surface area contributed by atoms with Crippen LogP contribution in [0.2, 0.25) is 0 Å². The number of carbonyl (C=O) groups is 1. The molecule has 2 atom stereocenters. The van der Waals surface area contributed by atoms with E-state index in [0.717, 1.165) is 23.3 Å². The SMILES string of the molecule is Cn1ncc2c(N[C@@H]3CCC(=O)N[C@H]3C(C)(C)C)ncnc21. The highest BCUT2D eigenvalue weighted by molar-refractivity contribution is 5.86. The van der Waals surface area contributed by atoms with Gasteiger partial charge < -0.3 is 10.6 Å². The van der Waals surface area contributed by atoms with Gasteiger partial charge in [0.15, 0.2) is 5.65 Å². The Bertz CT molecular complexity index is 702. The quantitative estimate of drug-likeness (QED) is 0.877. The average Bonchev–Trinajstić information content (AvgIpc) is 2.83. The summed E-state index contributed by atoms with van der Waals surface area (Å²) in [4.78, 5) is 20.4. The number of aryl methyl sites for hydroxylation is 1. The van der Waals surface area contributed by atoms with Crippen molar-refractivity contribution in [2.24, 2.45) is 12.5 Å². The summed E-state index contributed by atoms with van der Waals surface area (Å²) in [7, 11) is 1.86. The number of hydrogen-bond donors (Lipinski definition) is 2. The van der Waals surface area contributed by atoms with Crippen molar-refractivity contribution >= 4 is 22.8 Å². The highest BCUT2D eigenvalue weighted by atomic mass is 16.1. The minimum Gasteiger partial charge on any atom is -0.365 e. The number of nitrogens with zero attached hydrogens (tertiary/aromatic N) is 4. The maximum absolute atomic E-state index is 11.8. The minimum atomic E-state index is -0.0329. The lowest BCUT2D eigenvalue weighted by Gasteiger charge is -2.41. The average molecular weight is 302 g/mol. The van der Waals surface area contributed by atoms with Gasteiger partial charge in [-0.05, 0) is 11.8 Å². The summed E-state index contributed by atoms with van der Waals surface area (Å²) in [6.45, 7) is 6.41. The van der Waals surface area contributed by atoms with Gasteiger partial charge in [-0.25, -0.2) is 9.97 Å². The third kappa shape index (κ3) is 2.63. The normalized spacial score (nSPS) is 22.6. The predicted octanol–water partition coefficient (Wildman–Crippen LogP) is 1.47. The number of nitrogens with one attached hydrogen (secondary N) is 2. The van der Waals surface area contributed by atoms with Gasteiger partial charge in [0.1, 0.15) is 12.1 Å². The van der Waals surface area contributed by atoms with Crippen LogP contribution in [0.1, 0.15) is 33.6 Å². The van der Waals surface area contributed by atoms with Crippen LogP contribution in [-0.2, 0) is 11.8 Å². The molecule has 22 heavy (non-hydrogen) atoms. The third-order valence-corrected chi connectivity index (χ3v) is 4.19. The lowest BCUT2D eigenvalue weighted by atomic mass is 9.79. The van der Waals surface area contributed by atoms with Gasteiger partial charge in [-0.3, -0.25) is 9.48 Å². The van der Waals surface area contributed by atoms with E-state index in [0.29, 0.717) is 6.42 Å². The lowest BCUT2D eigenvalue weighted by Crippen LogP contribution is -2.57. The Morgan fingerprint density at radius 1 is 1.36 bits per heavy atom. The molecule has 1 aliphatic rings. The molecule has 7 nitrogen and oxygen atoms in total. The van der Waals surface area contributed by atoms with Crippen LogP contribution < -0.4 is 10.6 Å². The molecule has 118 valence electrons.